The fourth-order valence-electron chi connectivity index (χ4n) is 1.46. The van der Waals surface area contributed by atoms with Gasteiger partial charge in [-0.1, -0.05) is 15.9 Å². The minimum atomic E-state index is -2.50. The van der Waals surface area contributed by atoms with Crippen LogP contribution in [-0.4, -0.2) is 0 Å². The monoisotopic (exact) mass is 260 g/mol. The highest BCUT2D eigenvalue weighted by Gasteiger charge is 2.16. The van der Waals surface area contributed by atoms with Crippen molar-refractivity contribution in [2.24, 2.45) is 0 Å². The van der Waals surface area contributed by atoms with E-state index in [-0.39, 0.29) is 5.56 Å². The molecule has 0 N–H and O–H groups in total. The summed E-state index contributed by atoms with van der Waals surface area (Å²) in [7, 11) is 0. The van der Waals surface area contributed by atoms with Gasteiger partial charge >= 0.3 is 0 Å². The Labute approximate surface area is 87.8 Å². The van der Waals surface area contributed by atoms with Crippen LogP contribution in [0.15, 0.2) is 27.3 Å². The second-order valence-corrected chi connectivity index (χ2v) is 4.01. The van der Waals surface area contributed by atoms with Crippen molar-refractivity contribution in [3.05, 3.63) is 34.0 Å². The second-order valence-electron chi connectivity index (χ2n) is 3.09. The van der Waals surface area contributed by atoms with Crippen LogP contribution in [0, 0.1) is 6.92 Å². The quantitative estimate of drug-likeness (QED) is 0.739. The van der Waals surface area contributed by atoms with Crippen molar-refractivity contribution in [3.8, 4) is 0 Å². The van der Waals surface area contributed by atoms with Gasteiger partial charge in [0.15, 0.2) is 0 Å². The topological polar surface area (TPSA) is 13.1 Å². The lowest BCUT2D eigenvalue weighted by atomic mass is 10.1. The number of hydrogen-bond acceptors (Lipinski definition) is 1. The Balaban J connectivity index is 2.78. The fraction of sp³-hybridized carbons (Fsp3) is 0.200. The molecule has 0 aliphatic carbocycles. The Bertz CT molecular complexity index is 476. The maximum absolute atomic E-state index is 12.5. The summed E-state index contributed by atoms with van der Waals surface area (Å²) in [5.74, 6) is 0. The average Bonchev–Trinajstić information content (AvgIpc) is 2.47. The molecule has 74 valence electrons. The van der Waals surface area contributed by atoms with Crippen LogP contribution >= 0.6 is 15.9 Å². The van der Waals surface area contributed by atoms with Gasteiger partial charge in [0, 0.05) is 9.86 Å². The Morgan fingerprint density at radius 2 is 2.07 bits per heavy atom. The lowest BCUT2D eigenvalue weighted by molar-refractivity contribution is 0.152. The Hall–Kier alpha value is -0.900. The predicted octanol–water partition coefficient (Wildman–Crippen LogP) is 4.44. The molecule has 0 bridgehead atoms. The van der Waals surface area contributed by atoms with E-state index in [1.807, 2.05) is 13.0 Å². The van der Waals surface area contributed by atoms with Crippen LogP contribution in [-0.2, 0) is 0 Å². The van der Waals surface area contributed by atoms with Crippen LogP contribution < -0.4 is 0 Å². The molecule has 0 saturated heterocycles. The third-order valence-corrected chi connectivity index (χ3v) is 2.55. The van der Waals surface area contributed by atoms with E-state index in [1.54, 1.807) is 6.07 Å². The van der Waals surface area contributed by atoms with E-state index in [0.29, 0.717) is 11.0 Å². The van der Waals surface area contributed by atoms with Gasteiger partial charge in [0.05, 0.1) is 5.56 Å². The smallest absolute Gasteiger partial charge is 0.267 e. The average molecular weight is 261 g/mol. The standard InChI is InChI=1S/C10H7BrF2O/c1-5-2-6(11)3-7-8(10(12)13)4-14-9(5)7/h2-4,10H,1H3. The summed E-state index contributed by atoms with van der Waals surface area (Å²) < 4.78 is 30.9. The lowest BCUT2D eigenvalue weighted by Crippen LogP contribution is -1.81. The minimum Gasteiger partial charge on any atom is -0.464 e. The van der Waals surface area contributed by atoms with Crippen LogP contribution in [0.5, 0.6) is 0 Å². The van der Waals surface area contributed by atoms with Gasteiger partial charge in [-0.2, -0.15) is 0 Å². The van der Waals surface area contributed by atoms with Crippen LogP contribution in [0.25, 0.3) is 11.0 Å². The molecule has 14 heavy (non-hydrogen) atoms. The van der Waals surface area contributed by atoms with Gasteiger partial charge in [-0.3, -0.25) is 0 Å². The van der Waals surface area contributed by atoms with E-state index >= 15 is 0 Å². The molecule has 0 saturated carbocycles. The Morgan fingerprint density at radius 3 is 2.71 bits per heavy atom. The maximum atomic E-state index is 12.5. The van der Waals surface area contributed by atoms with Crippen molar-refractivity contribution >= 4 is 26.9 Å². The molecule has 1 aromatic carbocycles. The number of rotatable bonds is 1. The van der Waals surface area contributed by atoms with E-state index in [2.05, 4.69) is 15.9 Å². The van der Waals surface area contributed by atoms with Gasteiger partial charge in [-0.05, 0) is 24.6 Å². The van der Waals surface area contributed by atoms with Gasteiger partial charge in [0.2, 0.25) is 0 Å². The summed E-state index contributed by atoms with van der Waals surface area (Å²) in [5.41, 5.74) is 1.33. The minimum absolute atomic E-state index is 0.0515. The Kier molecular flexibility index (Phi) is 2.31. The number of furan rings is 1. The largest absolute Gasteiger partial charge is 0.464 e. The molecule has 0 amide bonds. The van der Waals surface area contributed by atoms with E-state index in [9.17, 15) is 8.78 Å². The van der Waals surface area contributed by atoms with Crippen molar-refractivity contribution < 1.29 is 13.2 Å². The second kappa shape index (κ2) is 3.35. The first kappa shape index (κ1) is 9.65. The molecule has 2 rings (SSSR count). The fourth-order valence-corrected chi connectivity index (χ4v) is 2.03. The molecule has 0 aliphatic rings. The van der Waals surface area contributed by atoms with Crippen LogP contribution in [0.4, 0.5) is 8.78 Å². The lowest BCUT2D eigenvalue weighted by Gasteiger charge is -1.98. The number of alkyl halides is 2. The van der Waals surface area contributed by atoms with E-state index in [4.69, 9.17) is 4.42 Å². The molecule has 1 nitrogen and oxygen atoms in total. The van der Waals surface area contributed by atoms with Crippen molar-refractivity contribution in [2.45, 2.75) is 13.3 Å². The maximum Gasteiger partial charge on any atom is 0.267 e. The molecule has 1 heterocycles. The Morgan fingerprint density at radius 1 is 1.36 bits per heavy atom. The van der Waals surface area contributed by atoms with Crippen molar-refractivity contribution in [1.29, 1.82) is 0 Å². The normalized spacial score (nSPS) is 11.5. The number of benzene rings is 1. The zero-order chi connectivity index (χ0) is 10.3. The molecule has 0 spiro atoms. The first-order chi connectivity index (χ1) is 6.59. The van der Waals surface area contributed by atoms with Gasteiger partial charge in [0.1, 0.15) is 11.8 Å². The third-order valence-electron chi connectivity index (χ3n) is 2.09. The summed E-state index contributed by atoms with van der Waals surface area (Å²) in [6.45, 7) is 1.83. The molecule has 0 aliphatic heterocycles. The molecule has 1 aromatic heterocycles. The zero-order valence-corrected chi connectivity index (χ0v) is 8.94. The highest BCUT2D eigenvalue weighted by molar-refractivity contribution is 9.10. The van der Waals surface area contributed by atoms with Gasteiger partial charge in [-0.25, -0.2) is 8.78 Å². The number of halogens is 3. The van der Waals surface area contributed by atoms with E-state index < -0.39 is 6.43 Å². The van der Waals surface area contributed by atoms with Crippen molar-refractivity contribution in [1.82, 2.24) is 0 Å². The van der Waals surface area contributed by atoms with Crippen LogP contribution in [0.2, 0.25) is 0 Å². The number of aryl methyl sites for hydroxylation is 1. The summed E-state index contributed by atoms with van der Waals surface area (Å²) in [6.07, 6.45) is -1.38. The molecular weight excluding hydrogens is 254 g/mol. The van der Waals surface area contributed by atoms with Crippen molar-refractivity contribution in [2.75, 3.05) is 0 Å². The summed E-state index contributed by atoms with van der Waals surface area (Å²) in [4.78, 5) is 0. The van der Waals surface area contributed by atoms with E-state index in [0.717, 1.165) is 16.3 Å². The number of hydrogen-bond donors (Lipinski definition) is 0. The SMILES string of the molecule is Cc1cc(Br)cc2c(C(F)F)coc12. The van der Waals surface area contributed by atoms with Crippen molar-refractivity contribution in [3.63, 3.8) is 0 Å². The molecule has 4 heteroatoms. The third kappa shape index (κ3) is 1.43. The van der Waals surface area contributed by atoms with Crippen LogP contribution in [0.1, 0.15) is 17.6 Å². The molecule has 0 fully saturated rings. The summed E-state index contributed by atoms with van der Waals surface area (Å²) in [5, 5.41) is 0.479. The highest BCUT2D eigenvalue weighted by atomic mass is 79.9. The summed E-state index contributed by atoms with van der Waals surface area (Å²) in [6, 6.07) is 3.48. The highest BCUT2D eigenvalue weighted by Crippen LogP contribution is 2.33. The first-order valence-corrected chi connectivity index (χ1v) is 4.84. The molecule has 0 atom stereocenters. The summed E-state index contributed by atoms with van der Waals surface area (Å²) >= 11 is 3.26. The van der Waals surface area contributed by atoms with E-state index in [1.165, 1.54) is 0 Å². The predicted molar refractivity (Wildman–Crippen MR) is 53.6 cm³/mol. The van der Waals surface area contributed by atoms with Gasteiger partial charge in [-0.15, -0.1) is 0 Å². The molecule has 0 unspecified atom stereocenters. The zero-order valence-electron chi connectivity index (χ0n) is 7.35. The van der Waals surface area contributed by atoms with Gasteiger partial charge < -0.3 is 4.42 Å². The van der Waals surface area contributed by atoms with Gasteiger partial charge in [0.25, 0.3) is 6.43 Å². The molecule has 2 aromatic rings. The molecule has 0 radical (unpaired) electrons. The van der Waals surface area contributed by atoms with Crippen LogP contribution in [0.3, 0.4) is 0 Å². The number of fused-ring (bicyclic) bond motifs is 1. The first-order valence-electron chi connectivity index (χ1n) is 4.05. The molecular formula is C10H7BrF2O.